The summed E-state index contributed by atoms with van der Waals surface area (Å²) in [6, 6.07) is 0. The summed E-state index contributed by atoms with van der Waals surface area (Å²) in [6.07, 6.45) is 3.29. The number of aromatic nitrogens is 2. The highest BCUT2D eigenvalue weighted by Gasteiger charge is 2.31. The van der Waals surface area contributed by atoms with Crippen LogP contribution in [0.4, 0.5) is 14.6 Å². The Morgan fingerprint density at radius 2 is 1.95 bits per heavy atom. The molecule has 0 atom stereocenters. The molecule has 3 rings (SSSR count). The molecule has 2 fully saturated rings. The van der Waals surface area contributed by atoms with E-state index < -0.39 is 12.0 Å². The van der Waals surface area contributed by atoms with Crippen molar-refractivity contribution in [2.45, 2.75) is 37.8 Å². The highest BCUT2D eigenvalue weighted by molar-refractivity contribution is 6.29. The number of nitrogens with two attached hydrogens (primary N) is 2. The number of amidine groups is 1. The van der Waals surface area contributed by atoms with Crippen molar-refractivity contribution in [1.82, 2.24) is 9.97 Å². The van der Waals surface area contributed by atoms with Gasteiger partial charge in [-0.3, -0.25) is 0 Å². The fourth-order valence-corrected chi connectivity index (χ4v) is 2.46. The minimum atomic E-state index is -0.812. The summed E-state index contributed by atoms with van der Waals surface area (Å²) in [4.78, 5) is 11.9. The first-order valence-corrected chi connectivity index (χ1v) is 7.50. The summed E-state index contributed by atoms with van der Waals surface area (Å²) in [7, 11) is 0. The van der Waals surface area contributed by atoms with Gasteiger partial charge in [0.1, 0.15) is 17.8 Å². The smallest absolute Gasteiger partial charge is 0.205 e. The summed E-state index contributed by atoms with van der Waals surface area (Å²) >= 11 is 5.76. The van der Waals surface area contributed by atoms with E-state index >= 15 is 0 Å². The first-order valence-electron chi connectivity index (χ1n) is 7.12. The zero-order valence-corrected chi connectivity index (χ0v) is 12.5. The van der Waals surface area contributed by atoms with Gasteiger partial charge in [0.2, 0.25) is 5.82 Å². The van der Waals surface area contributed by atoms with E-state index in [4.69, 9.17) is 23.1 Å². The molecular formula is C14H16ClF2N5. The van der Waals surface area contributed by atoms with Crippen LogP contribution in [0.3, 0.4) is 0 Å². The monoisotopic (exact) mass is 327 g/mol. The SMILES string of the molecule is N/C(=C\C(N)=N\c1nc(C2CC2)nc(Cl)c1F)C1CC(F)C1. The maximum Gasteiger partial charge on any atom is 0.205 e. The van der Waals surface area contributed by atoms with Crippen LogP contribution in [-0.4, -0.2) is 22.0 Å². The Morgan fingerprint density at radius 3 is 2.55 bits per heavy atom. The lowest BCUT2D eigenvalue weighted by Gasteiger charge is -2.29. The fourth-order valence-electron chi connectivity index (χ4n) is 2.29. The number of hydrogen-bond acceptors (Lipinski definition) is 4. The second-order valence-corrected chi connectivity index (χ2v) is 6.09. The Kier molecular flexibility index (Phi) is 3.99. The molecule has 2 aliphatic rings. The van der Waals surface area contributed by atoms with Gasteiger partial charge in [0.25, 0.3) is 0 Å². The van der Waals surface area contributed by atoms with Gasteiger partial charge >= 0.3 is 0 Å². The van der Waals surface area contributed by atoms with Crippen LogP contribution < -0.4 is 11.5 Å². The van der Waals surface area contributed by atoms with Crippen LogP contribution in [0.5, 0.6) is 0 Å². The standard InChI is InChI=1S/C14H16ClF2N5/c15-12-11(17)14(22-13(21-12)6-1-2-6)20-10(19)5-9(18)7-3-8(16)4-7/h5-8H,1-4,18H2,(H2,19,20,21,22)/b9-5-. The summed E-state index contributed by atoms with van der Waals surface area (Å²) in [5, 5.41) is -0.264. The maximum absolute atomic E-state index is 13.9. The van der Waals surface area contributed by atoms with E-state index in [1.54, 1.807) is 0 Å². The molecule has 0 aromatic carbocycles. The zero-order chi connectivity index (χ0) is 15.9. The number of rotatable bonds is 4. The van der Waals surface area contributed by atoms with Gasteiger partial charge in [0.15, 0.2) is 11.0 Å². The first-order chi connectivity index (χ1) is 10.4. The number of nitrogens with zero attached hydrogens (tertiary/aromatic N) is 3. The van der Waals surface area contributed by atoms with Gasteiger partial charge in [-0.1, -0.05) is 11.6 Å². The molecule has 1 aromatic heterocycles. The predicted octanol–water partition coefficient (Wildman–Crippen LogP) is 2.73. The highest BCUT2D eigenvalue weighted by atomic mass is 35.5. The average Bonchev–Trinajstić information content (AvgIpc) is 3.24. The van der Waals surface area contributed by atoms with Crippen LogP contribution in [0.25, 0.3) is 0 Å². The Labute approximate surface area is 131 Å². The summed E-state index contributed by atoms with van der Waals surface area (Å²) in [5.41, 5.74) is 12.0. The molecule has 0 unspecified atom stereocenters. The minimum absolute atomic E-state index is 0.00946. The van der Waals surface area contributed by atoms with Gasteiger partial charge < -0.3 is 11.5 Å². The normalized spacial score (nSPS) is 26.0. The Hall–Kier alpha value is -1.76. The van der Waals surface area contributed by atoms with Crippen LogP contribution in [0.1, 0.15) is 37.4 Å². The molecule has 8 heteroatoms. The lowest BCUT2D eigenvalue weighted by Crippen LogP contribution is -2.30. The van der Waals surface area contributed by atoms with Crippen LogP contribution >= 0.6 is 11.6 Å². The van der Waals surface area contributed by atoms with E-state index in [9.17, 15) is 8.78 Å². The lowest BCUT2D eigenvalue weighted by molar-refractivity contribution is 0.154. The number of halogens is 3. The molecule has 5 nitrogen and oxygen atoms in total. The number of aliphatic imine (C=N–C) groups is 1. The molecule has 1 heterocycles. The molecular weight excluding hydrogens is 312 g/mol. The van der Waals surface area contributed by atoms with Gasteiger partial charge in [-0.2, -0.15) is 4.39 Å². The third kappa shape index (κ3) is 3.19. The summed E-state index contributed by atoms with van der Waals surface area (Å²) in [6.45, 7) is 0. The van der Waals surface area contributed by atoms with Crippen molar-refractivity contribution in [3.8, 4) is 0 Å². The van der Waals surface area contributed by atoms with Gasteiger partial charge in [-0.15, -0.1) is 0 Å². The Bertz CT molecular complexity index is 651. The van der Waals surface area contributed by atoms with Gasteiger partial charge in [0.05, 0.1) is 0 Å². The van der Waals surface area contributed by atoms with Crippen LogP contribution in [0, 0.1) is 11.7 Å². The molecule has 0 spiro atoms. The molecule has 2 aliphatic carbocycles. The third-order valence-electron chi connectivity index (χ3n) is 3.85. The molecule has 0 radical (unpaired) electrons. The van der Waals surface area contributed by atoms with E-state index in [2.05, 4.69) is 15.0 Å². The highest BCUT2D eigenvalue weighted by Crippen LogP contribution is 2.39. The van der Waals surface area contributed by atoms with Crippen molar-refractivity contribution < 1.29 is 8.78 Å². The van der Waals surface area contributed by atoms with Gasteiger partial charge in [-0.05, 0) is 31.8 Å². The van der Waals surface area contributed by atoms with E-state index in [1.807, 2.05) is 0 Å². The van der Waals surface area contributed by atoms with E-state index in [0.717, 1.165) is 12.8 Å². The molecule has 0 aliphatic heterocycles. The topological polar surface area (TPSA) is 90.2 Å². The predicted molar refractivity (Wildman–Crippen MR) is 80.1 cm³/mol. The van der Waals surface area contributed by atoms with E-state index in [-0.39, 0.29) is 28.6 Å². The van der Waals surface area contributed by atoms with Gasteiger partial charge in [-0.25, -0.2) is 19.4 Å². The minimum Gasteiger partial charge on any atom is -0.402 e. The van der Waals surface area contributed by atoms with Crippen LogP contribution in [0.2, 0.25) is 5.15 Å². The number of hydrogen-bond donors (Lipinski definition) is 2. The van der Waals surface area contributed by atoms with Crippen molar-refractivity contribution in [3.63, 3.8) is 0 Å². The fraction of sp³-hybridized carbons (Fsp3) is 0.500. The van der Waals surface area contributed by atoms with Crippen LogP contribution in [0.15, 0.2) is 16.8 Å². The summed E-state index contributed by atoms with van der Waals surface area (Å²) < 4.78 is 26.7. The molecule has 118 valence electrons. The van der Waals surface area contributed by atoms with Crippen molar-refractivity contribution in [1.29, 1.82) is 0 Å². The number of allylic oxidation sites excluding steroid dienone is 1. The Morgan fingerprint density at radius 1 is 1.27 bits per heavy atom. The maximum atomic E-state index is 13.9. The molecule has 0 saturated heterocycles. The molecule has 0 amide bonds. The Balaban J connectivity index is 1.82. The average molecular weight is 328 g/mol. The molecule has 22 heavy (non-hydrogen) atoms. The molecule has 0 bridgehead atoms. The zero-order valence-electron chi connectivity index (χ0n) is 11.8. The second-order valence-electron chi connectivity index (χ2n) is 5.73. The molecule has 2 saturated carbocycles. The van der Waals surface area contributed by atoms with Gasteiger partial charge in [0, 0.05) is 17.5 Å². The summed E-state index contributed by atoms with van der Waals surface area (Å²) in [5.74, 6) is -0.340. The second kappa shape index (κ2) is 5.79. The van der Waals surface area contributed by atoms with E-state index in [0.29, 0.717) is 24.4 Å². The molecule has 1 aromatic rings. The van der Waals surface area contributed by atoms with E-state index in [1.165, 1.54) is 6.08 Å². The van der Waals surface area contributed by atoms with Crippen LogP contribution in [-0.2, 0) is 0 Å². The number of alkyl halides is 1. The first kappa shape index (κ1) is 15.1. The molecule has 4 N–H and O–H groups in total. The van der Waals surface area contributed by atoms with Crippen molar-refractivity contribution in [3.05, 3.63) is 28.6 Å². The lowest BCUT2D eigenvalue weighted by atomic mass is 9.81. The third-order valence-corrected chi connectivity index (χ3v) is 4.11. The quantitative estimate of drug-likeness (QED) is 0.505. The van der Waals surface area contributed by atoms with Crippen molar-refractivity contribution >= 4 is 23.3 Å². The van der Waals surface area contributed by atoms with Crippen molar-refractivity contribution in [2.75, 3.05) is 0 Å². The van der Waals surface area contributed by atoms with Crippen molar-refractivity contribution in [2.24, 2.45) is 22.4 Å². The largest absolute Gasteiger partial charge is 0.402 e.